The molecule has 0 N–H and O–H groups in total. The third-order valence-corrected chi connectivity index (χ3v) is 4.54. The highest BCUT2D eigenvalue weighted by atomic mass is 32.1. The summed E-state index contributed by atoms with van der Waals surface area (Å²) in [7, 11) is 1.55. The van der Waals surface area contributed by atoms with Crippen molar-refractivity contribution in [3.63, 3.8) is 0 Å². The van der Waals surface area contributed by atoms with Crippen molar-refractivity contribution in [2.24, 2.45) is 4.99 Å². The summed E-state index contributed by atoms with van der Waals surface area (Å²) in [5.74, 6) is 0.642. The van der Waals surface area contributed by atoms with Gasteiger partial charge in [0.15, 0.2) is 4.80 Å². The zero-order valence-corrected chi connectivity index (χ0v) is 13.9. The lowest BCUT2D eigenvalue weighted by Crippen LogP contribution is -2.17. The molecule has 126 valence electrons. The monoisotopic (exact) mass is 358 g/mol. The molecule has 0 atom stereocenters. The van der Waals surface area contributed by atoms with Crippen molar-refractivity contribution in [2.45, 2.75) is 6.54 Å². The molecule has 1 amide bonds. The molecule has 0 aliphatic carbocycles. The molecule has 0 aliphatic heterocycles. The van der Waals surface area contributed by atoms with Gasteiger partial charge in [0.05, 0.1) is 29.4 Å². The van der Waals surface area contributed by atoms with Gasteiger partial charge in [0, 0.05) is 6.07 Å². The van der Waals surface area contributed by atoms with E-state index in [9.17, 15) is 13.6 Å². The van der Waals surface area contributed by atoms with Crippen LogP contribution >= 0.6 is 11.3 Å². The zero-order valence-electron chi connectivity index (χ0n) is 13.1. The molecule has 0 unspecified atom stereocenters. The highest BCUT2D eigenvalue weighted by molar-refractivity contribution is 7.16. The minimum Gasteiger partial charge on any atom is -0.497 e. The van der Waals surface area contributed by atoms with E-state index < -0.39 is 17.5 Å². The number of carbonyl (C=O) groups excluding carboxylic acids is 1. The van der Waals surface area contributed by atoms with Gasteiger partial charge in [0.1, 0.15) is 17.4 Å². The summed E-state index contributed by atoms with van der Waals surface area (Å²) in [4.78, 5) is 16.6. The summed E-state index contributed by atoms with van der Waals surface area (Å²) >= 11 is 1.23. The van der Waals surface area contributed by atoms with E-state index in [1.54, 1.807) is 23.8 Å². The van der Waals surface area contributed by atoms with Crippen LogP contribution in [0, 0.1) is 24.0 Å². The second kappa shape index (κ2) is 6.87. The average Bonchev–Trinajstić information content (AvgIpc) is 2.91. The number of halogens is 2. The fraction of sp³-hybridized carbons (Fsp3) is 0.111. The Hall–Kier alpha value is -2.98. The van der Waals surface area contributed by atoms with Crippen LogP contribution < -0.4 is 9.54 Å². The number of hydrogen-bond acceptors (Lipinski definition) is 3. The maximum absolute atomic E-state index is 13.8. The van der Waals surface area contributed by atoms with Crippen molar-refractivity contribution in [1.82, 2.24) is 4.57 Å². The third kappa shape index (κ3) is 3.30. The van der Waals surface area contributed by atoms with Gasteiger partial charge < -0.3 is 9.30 Å². The average molecular weight is 358 g/mol. The minimum atomic E-state index is -0.958. The highest BCUT2D eigenvalue weighted by Crippen LogP contribution is 2.23. The Morgan fingerprint density at radius 2 is 2.12 bits per heavy atom. The summed E-state index contributed by atoms with van der Waals surface area (Å²) in [5.41, 5.74) is 0.485. The van der Waals surface area contributed by atoms with Crippen LogP contribution in [0.5, 0.6) is 5.75 Å². The standard InChI is InChI=1S/C18H12F2N2O2S/c1-3-8-22-15-7-5-12(24-2)10-16(15)25-18(22)21-17(23)13-6-4-11(19)9-14(13)20/h1,4-7,9-10H,8H2,2H3. The number of benzene rings is 2. The molecule has 25 heavy (non-hydrogen) atoms. The lowest BCUT2D eigenvalue weighted by Gasteiger charge is -2.02. The molecular weight excluding hydrogens is 346 g/mol. The molecule has 3 aromatic rings. The van der Waals surface area contributed by atoms with E-state index in [0.29, 0.717) is 16.6 Å². The molecule has 1 heterocycles. The molecule has 0 radical (unpaired) electrons. The van der Waals surface area contributed by atoms with E-state index in [1.807, 2.05) is 6.07 Å². The summed E-state index contributed by atoms with van der Waals surface area (Å²) in [5, 5.41) is 0. The van der Waals surface area contributed by atoms with Gasteiger partial charge in [-0.05, 0) is 30.3 Å². The minimum absolute atomic E-state index is 0.199. The molecule has 0 aliphatic rings. The molecular formula is C18H12F2N2O2S. The summed E-state index contributed by atoms with van der Waals surface area (Å²) in [6.45, 7) is 0.199. The lowest BCUT2D eigenvalue weighted by molar-refractivity contribution is 0.0994. The first-order chi connectivity index (χ1) is 12.0. The molecule has 0 spiro atoms. The van der Waals surface area contributed by atoms with Crippen molar-refractivity contribution in [3.8, 4) is 18.1 Å². The maximum atomic E-state index is 13.8. The van der Waals surface area contributed by atoms with E-state index >= 15 is 0 Å². The van der Waals surface area contributed by atoms with Gasteiger partial charge in [-0.1, -0.05) is 17.3 Å². The summed E-state index contributed by atoms with van der Waals surface area (Å²) < 4.78 is 34.5. The lowest BCUT2D eigenvalue weighted by atomic mass is 10.2. The Kier molecular flexibility index (Phi) is 4.63. The van der Waals surface area contributed by atoms with E-state index in [2.05, 4.69) is 10.9 Å². The smallest absolute Gasteiger partial charge is 0.282 e. The molecule has 1 aromatic heterocycles. The normalized spacial score (nSPS) is 11.5. The fourth-order valence-electron chi connectivity index (χ4n) is 2.32. The van der Waals surface area contributed by atoms with Gasteiger partial charge in [-0.3, -0.25) is 4.79 Å². The number of thiazole rings is 1. The zero-order chi connectivity index (χ0) is 18.0. The quantitative estimate of drug-likeness (QED) is 0.674. The number of nitrogens with zero attached hydrogens (tertiary/aromatic N) is 2. The van der Waals surface area contributed by atoms with Crippen LogP contribution in [-0.4, -0.2) is 17.6 Å². The van der Waals surface area contributed by atoms with Gasteiger partial charge >= 0.3 is 0 Å². The first-order valence-corrected chi connectivity index (χ1v) is 8.00. The van der Waals surface area contributed by atoms with Gasteiger partial charge in [-0.25, -0.2) is 8.78 Å². The third-order valence-electron chi connectivity index (χ3n) is 3.50. The predicted molar refractivity (Wildman–Crippen MR) is 91.5 cm³/mol. The number of hydrogen-bond donors (Lipinski definition) is 0. The first-order valence-electron chi connectivity index (χ1n) is 7.18. The van der Waals surface area contributed by atoms with Gasteiger partial charge in [-0.15, -0.1) is 6.42 Å². The molecule has 0 saturated heterocycles. The van der Waals surface area contributed by atoms with Crippen LogP contribution in [0.25, 0.3) is 10.2 Å². The first kappa shape index (κ1) is 16.9. The number of fused-ring (bicyclic) bond motifs is 1. The van der Waals surface area contributed by atoms with Crippen LogP contribution in [-0.2, 0) is 6.54 Å². The van der Waals surface area contributed by atoms with E-state index in [0.717, 1.165) is 22.3 Å². The highest BCUT2D eigenvalue weighted by Gasteiger charge is 2.13. The topological polar surface area (TPSA) is 43.6 Å². The molecule has 4 nitrogen and oxygen atoms in total. The van der Waals surface area contributed by atoms with Crippen LogP contribution in [0.2, 0.25) is 0 Å². The predicted octanol–water partition coefficient (Wildman–Crippen LogP) is 3.36. The Balaban J connectivity index is 2.16. The van der Waals surface area contributed by atoms with E-state index in [-0.39, 0.29) is 12.1 Å². The number of terminal acetylenes is 1. The molecule has 0 saturated carbocycles. The number of ether oxygens (including phenoxy) is 1. The largest absolute Gasteiger partial charge is 0.497 e. The van der Waals surface area contributed by atoms with Crippen LogP contribution in [0.15, 0.2) is 41.4 Å². The summed E-state index contributed by atoms with van der Waals surface area (Å²) in [6.07, 6.45) is 5.40. The van der Waals surface area contributed by atoms with Crippen LogP contribution in [0.3, 0.4) is 0 Å². The Morgan fingerprint density at radius 3 is 2.80 bits per heavy atom. The fourth-order valence-corrected chi connectivity index (χ4v) is 3.38. The second-order valence-electron chi connectivity index (χ2n) is 5.05. The van der Waals surface area contributed by atoms with Crippen molar-refractivity contribution < 1.29 is 18.3 Å². The number of carbonyl (C=O) groups is 1. The van der Waals surface area contributed by atoms with Crippen molar-refractivity contribution in [2.75, 3.05) is 7.11 Å². The number of amides is 1. The number of methoxy groups -OCH3 is 1. The number of aromatic nitrogens is 1. The molecule has 0 bridgehead atoms. The molecule has 3 rings (SSSR count). The number of rotatable bonds is 3. The second-order valence-corrected chi connectivity index (χ2v) is 6.06. The molecule has 2 aromatic carbocycles. The van der Waals surface area contributed by atoms with Gasteiger partial charge in [0.25, 0.3) is 5.91 Å². The Labute approximate surface area is 146 Å². The van der Waals surface area contributed by atoms with Gasteiger partial charge in [0.2, 0.25) is 0 Å². The molecule has 7 heteroatoms. The maximum Gasteiger partial charge on any atom is 0.282 e. The Bertz CT molecular complexity index is 1080. The van der Waals surface area contributed by atoms with E-state index in [4.69, 9.17) is 11.2 Å². The summed E-state index contributed by atoms with van der Waals surface area (Å²) in [6, 6.07) is 8.11. The van der Waals surface area contributed by atoms with E-state index in [1.165, 1.54) is 11.3 Å². The van der Waals surface area contributed by atoms with Gasteiger partial charge in [-0.2, -0.15) is 4.99 Å². The molecule has 0 fully saturated rings. The Morgan fingerprint density at radius 1 is 1.32 bits per heavy atom. The van der Waals surface area contributed by atoms with Crippen LogP contribution in [0.4, 0.5) is 8.78 Å². The van der Waals surface area contributed by atoms with Crippen molar-refractivity contribution >= 4 is 27.5 Å². The van der Waals surface area contributed by atoms with Crippen LogP contribution in [0.1, 0.15) is 10.4 Å². The van der Waals surface area contributed by atoms with Crippen molar-refractivity contribution in [1.29, 1.82) is 0 Å². The van der Waals surface area contributed by atoms with Crippen molar-refractivity contribution in [3.05, 3.63) is 58.4 Å². The SMILES string of the molecule is C#CCn1c(=NC(=O)c2ccc(F)cc2F)sc2cc(OC)ccc21.